The quantitative estimate of drug-likeness (QED) is 0.621. The van der Waals surface area contributed by atoms with E-state index in [1.54, 1.807) is 48.5 Å². The maximum absolute atomic E-state index is 12.9. The molecule has 0 saturated carbocycles. The lowest BCUT2D eigenvalue weighted by atomic mass is 9.97. The van der Waals surface area contributed by atoms with Crippen LogP contribution in [0.1, 0.15) is 57.4 Å². The predicted octanol–water partition coefficient (Wildman–Crippen LogP) is 4.59. The van der Waals surface area contributed by atoms with E-state index in [-0.39, 0.29) is 17.7 Å². The number of rotatable bonds is 6. The molecule has 3 aromatic rings. The number of carbonyl (C=O) groups is 2. The van der Waals surface area contributed by atoms with Crippen molar-refractivity contribution >= 4 is 23.3 Å². The molecule has 1 aromatic heterocycles. The summed E-state index contributed by atoms with van der Waals surface area (Å²) in [5.74, 6) is -0.515. The van der Waals surface area contributed by atoms with Crippen molar-refractivity contribution in [2.24, 2.45) is 0 Å². The first-order valence-electron chi connectivity index (χ1n) is 9.14. The lowest BCUT2D eigenvalue weighted by Crippen LogP contribution is -2.28. The Morgan fingerprint density at radius 1 is 1.11 bits per heavy atom. The number of benzene rings is 2. The number of amides is 1. The summed E-state index contributed by atoms with van der Waals surface area (Å²) in [6, 6.07) is 13.2. The van der Waals surface area contributed by atoms with Gasteiger partial charge >= 0.3 is 0 Å². The Morgan fingerprint density at radius 2 is 1.75 bits per heavy atom. The van der Waals surface area contributed by atoms with Crippen molar-refractivity contribution in [2.45, 2.75) is 33.4 Å². The molecular weight excluding hydrogens is 374 g/mol. The van der Waals surface area contributed by atoms with Gasteiger partial charge in [0, 0.05) is 34.5 Å². The molecule has 6 heteroatoms. The van der Waals surface area contributed by atoms with E-state index in [1.165, 1.54) is 0 Å². The van der Waals surface area contributed by atoms with Gasteiger partial charge in [-0.3, -0.25) is 14.3 Å². The number of aromatic nitrogens is 2. The molecule has 0 aliphatic heterocycles. The molecule has 144 valence electrons. The zero-order chi connectivity index (χ0) is 20.3. The van der Waals surface area contributed by atoms with Gasteiger partial charge in [-0.1, -0.05) is 29.8 Å². The molecule has 0 aliphatic rings. The maximum Gasteiger partial charge on any atom is 0.252 e. The Labute approximate surface area is 169 Å². The Bertz CT molecular complexity index is 1010. The molecule has 0 spiro atoms. The highest BCUT2D eigenvalue weighted by Gasteiger charge is 2.21. The van der Waals surface area contributed by atoms with E-state index < -0.39 is 0 Å². The van der Waals surface area contributed by atoms with Crippen molar-refractivity contribution in [1.82, 2.24) is 15.1 Å². The molecule has 1 unspecified atom stereocenters. The molecule has 1 N–H and O–H groups in total. The van der Waals surface area contributed by atoms with E-state index in [2.05, 4.69) is 10.4 Å². The topological polar surface area (TPSA) is 64.0 Å². The van der Waals surface area contributed by atoms with Crippen molar-refractivity contribution in [3.8, 4) is 0 Å². The average molecular weight is 396 g/mol. The summed E-state index contributed by atoms with van der Waals surface area (Å²) in [7, 11) is 0. The number of carbonyl (C=O) groups excluding carboxylic acids is 2. The first-order chi connectivity index (χ1) is 13.4. The predicted molar refractivity (Wildman–Crippen MR) is 110 cm³/mol. The molecule has 0 radical (unpaired) electrons. The number of nitrogens with one attached hydrogen (secondary N) is 1. The van der Waals surface area contributed by atoms with Gasteiger partial charge in [-0.05, 0) is 51.1 Å². The van der Waals surface area contributed by atoms with Crippen LogP contribution in [0.3, 0.4) is 0 Å². The van der Waals surface area contributed by atoms with Crippen LogP contribution in [0.25, 0.3) is 0 Å². The van der Waals surface area contributed by atoms with Crippen LogP contribution in [0.15, 0.2) is 54.7 Å². The Hall–Kier alpha value is -2.92. The Balaban J connectivity index is 1.85. The van der Waals surface area contributed by atoms with Gasteiger partial charge in [-0.15, -0.1) is 0 Å². The van der Waals surface area contributed by atoms with E-state index in [4.69, 9.17) is 11.6 Å². The second kappa shape index (κ2) is 8.40. The minimum atomic E-state index is -0.297. The maximum atomic E-state index is 12.9. The zero-order valence-electron chi connectivity index (χ0n) is 16.1. The van der Waals surface area contributed by atoms with Gasteiger partial charge in [0.15, 0.2) is 5.78 Å². The number of ketones is 1. The van der Waals surface area contributed by atoms with E-state index in [1.807, 2.05) is 31.6 Å². The zero-order valence-corrected chi connectivity index (χ0v) is 16.8. The summed E-state index contributed by atoms with van der Waals surface area (Å²) in [6.45, 7) is 6.60. The molecule has 0 bridgehead atoms. The van der Waals surface area contributed by atoms with E-state index in [0.717, 1.165) is 17.8 Å². The van der Waals surface area contributed by atoms with Gasteiger partial charge in [0.25, 0.3) is 5.91 Å². The third-order valence-corrected chi connectivity index (χ3v) is 4.90. The lowest BCUT2D eigenvalue weighted by molar-refractivity contribution is 0.0929. The van der Waals surface area contributed by atoms with Crippen LogP contribution in [-0.2, 0) is 6.54 Å². The van der Waals surface area contributed by atoms with E-state index >= 15 is 0 Å². The van der Waals surface area contributed by atoms with E-state index in [9.17, 15) is 9.59 Å². The van der Waals surface area contributed by atoms with Crippen LogP contribution in [0.5, 0.6) is 0 Å². The number of aryl methyl sites for hydroxylation is 2. The number of hydrogen-bond donors (Lipinski definition) is 1. The van der Waals surface area contributed by atoms with Crippen LogP contribution in [0.2, 0.25) is 5.02 Å². The highest BCUT2D eigenvalue weighted by Crippen LogP contribution is 2.20. The minimum Gasteiger partial charge on any atom is -0.345 e. The summed E-state index contributed by atoms with van der Waals surface area (Å²) in [5, 5.41) is 7.96. The molecule has 0 saturated heterocycles. The van der Waals surface area contributed by atoms with Gasteiger partial charge in [-0.25, -0.2) is 0 Å². The first-order valence-corrected chi connectivity index (χ1v) is 9.52. The normalized spacial score (nSPS) is 11.9. The summed E-state index contributed by atoms with van der Waals surface area (Å²) < 4.78 is 1.84. The van der Waals surface area contributed by atoms with Crippen molar-refractivity contribution < 1.29 is 9.59 Å². The van der Waals surface area contributed by atoms with Crippen molar-refractivity contribution in [1.29, 1.82) is 0 Å². The summed E-state index contributed by atoms with van der Waals surface area (Å²) in [6.07, 6.45) is 1.94. The molecule has 0 aliphatic carbocycles. The fourth-order valence-electron chi connectivity index (χ4n) is 3.11. The minimum absolute atomic E-state index is 0.218. The third-order valence-electron chi connectivity index (χ3n) is 4.65. The summed E-state index contributed by atoms with van der Waals surface area (Å²) >= 11 is 5.90. The van der Waals surface area contributed by atoms with Gasteiger partial charge in [0.2, 0.25) is 0 Å². The fraction of sp³-hybridized carbons (Fsp3) is 0.227. The fourth-order valence-corrected chi connectivity index (χ4v) is 3.23. The first kappa shape index (κ1) is 19.8. The lowest BCUT2D eigenvalue weighted by Gasteiger charge is -2.15. The third kappa shape index (κ3) is 4.15. The highest BCUT2D eigenvalue weighted by molar-refractivity contribution is 6.30. The second-order valence-electron chi connectivity index (χ2n) is 6.60. The molecule has 1 amide bonds. The second-order valence-corrected chi connectivity index (χ2v) is 7.04. The van der Waals surface area contributed by atoms with Crippen LogP contribution < -0.4 is 5.32 Å². The molecule has 5 nitrogen and oxygen atoms in total. The monoisotopic (exact) mass is 395 g/mol. The van der Waals surface area contributed by atoms with Gasteiger partial charge < -0.3 is 5.32 Å². The van der Waals surface area contributed by atoms with Crippen molar-refractivity contribution in [3.63, 3.8) is 0 Å². The van der Waals surface area contributed by atoms with Gasteiger partial charge in [-0.2, -0.15) is 5.10 Å². The van der Waals surface area contributed by atoms with Crippen LogP contribution in [0, 0.1) is 6.92 Å². The Kier molecular flexibility index (Phi) is 5.95. The highest BCUT2D eigenvalue weighted by atomic mass is 35.5. The molecule has 3 rings (SSSR count). The molecule has 28 heavy (non-hydrogen) atoms. The number of halogens is 1. The number of hydrogen-bond acceptors (Lipinski definition) is 3. The van der Waals surface area contributed by atoms with Crippen molar-refractivity contribution in [2.75, 3.05) is 0 Å². The summed E-state index contributed by atoms with van der Waals surface area (Å²) in [5.41, 5.74) is 3.01. The average Bonchev–Trinajstić information content (AvgIpc) is 3.09. The summed E-state index contributed by atoms with van der Waals surface area (Å²) in [4.78, 5) is 25.8. The van der Waals surface area contributed by atoms with Crippen LogP contribution in [0.4, 0.5) is 0 Å². The van der Waals surface area contributed by atoms with Gasteiger partial charge in [0.1, 0.15) is 0 Å². The largest absolute Gasteiger partial charge is 0.345 e. The molecule has 1 heterocycles. The number of nitrogens with zero attached hydrogens (tertiary/aromatic N) is 2. The van der Waals surface area contributed by atoms with Gasteiger partial charge in [0.05, 0.1) is 17.3 Å². The Morgan fingerprint density at radius 3 is 2.36 bits per heavy atom. The standard InChI is InChI=1S/C22H22ClN3O2/c1-4-26-13-20(15(3)25-26)14(2)24-22(28)19-8-6-5-7-18(19)21(27)16-9-11-17(23)12-10-16/h5-14H,4H2,1-3H3,(H,24,28). The van der Waals surface area contributed by atoms with E-state index in [0.29, 0.717) is 21.7 Å². The van der Waals surface area contributed by atoms with Crippen LogP contribution >= 0.6 is 11.6 Å². The molecule has 2 aromatic carbocycles. The SMILES string of the molecule is CCn1cc(C(C)NC(=O)c2ccccc2C(=O)c2ccc(Cl)cc2)c(C)n1. The molecule has 1 atom stereocenters. The smallest absolute Gasteiger partial charge is 0.252 e. The van der Waals surface area contributed by atoms with Crippen molar-refractivity contribution in [3.05, 3.63) is 87.7 Å². The molecule has 0 fully saturated rings. The molecular formula is C22H22ClN3O2. The van der Waals surface area contributed by atoms with Crippen LogP contribution in [-0.4, -0.2) is 21.5 Å².